The van der Waals surface area contributed by atoms with Crippen molar-refractivity contribution in [3.05, 3.63) is 75.6 Å². The van der Waals surface area contributed by atoms with Gasteiger partial charge in [-0.25, -0.2) is 0 Å². The van der Waals surface area contributed by atoms with Crippen molar-refractivity contribution in [1.82, 2.24) is 4.57 Å². The second kappa shape index (κ2) is 6.15. The van der Waals surface area contributed by atoms with Crippen LogP contribution in [-0.4, -0.2) is 10.5 Å². The maximum atomic E-state index is 12.2. The fraction of sp³-hybridized carbons (Fsp3) is 0.0588. The number of pyridine rings is 1. The molecule has 110 valence electrons. The number of aromatic nitrogens is 1. The van der Waals surface area contributed by atoms with Crippen molar-refractivity contribution < 1.29 is 4.79 Å². The molecule has 0 spiro atoms. The molecule has 1 aromatic heterocycles. The lowest BCUT2D eigenvalue weighted by atomic mass is 10.1. The predicted octanol–water partition coefficient (Wildman–Crippen LogP) is 3.40. The molecule has 1 N–H and O–H groups in total. The van der Waals surface area contributed by atoms with E-state index in [1.54, 1.807) is 12.3 Å². The van der Waals surface area contributed by atoms with Gasteiger partial charge in [-0.3, -0.25) is 9.59 Å². The highest BCUT2D eigenvalue weighted by Crippen LogP contribution is 2.22. The molecule has 22 heavy (non-hydrogen) atoms. The number of carbonyl (C=O) groups excluding carboxylic acids is 1. The number of carbonyl (C=O) groups is 1. The number of nitrogens with one attached hydrogen (secondary N) is 1. The second-order valence-corrected chi connectivity index (χ2v) is 5.80. The highest BCUT2D eigenvalue weighted by atomic mass is 79.9. The van der Waals surface area contributed by atoms with Crippen LogP contribution in [0.3, 0.4) is 0 Å². The first kappa shape index (κ1) is 14.5. The number of benzene rings is 2. The summed E-state index contributed by atoms with van der Waals surface area (Å²) in [5.41, 5.74) is 0.530. The summed E-state index contributed by atoms with van der Waals surface area (Å²) in [6, 6.07) is 16.6. The minimum atomic E-state index is -0.239. The van der Waals surface area contributed by atoms with E-state index in [2.05, 4.69) is 21.2 Å². The number of anilines is 1. The fourth-order valence-corrected chi connectivity index (χ4v) is 2.68. The summed E-state index contributed by atoms with van der Waals surface area (Å²) >= 11 is 3.29. The van der Waals surface area contributed by atoms with Gasteiger partial charge in [0.1, 0.15) is 6.54 Å². The maximum Gasteiger partial charge on any atom is 0.251 e. The molecule has 1 heterocycles. The summed E-state index contributed by atoms with van der Waals surface area (Å²) in [5.74, 6) is -0.239. The third-order valence-corrected chi connectivity index (χ3v) is 3.79. The van der Waals surface area contributed by atoms with Crippen LogP contribution in [0.25, 0.3) is 10.8 Å². The number of amides is 1. The largest absolute Gasteiger partial charge is 0.324 e. The zero-order valence-electron chi connectivity index (χ0n) is 11.6. The van der Waals surface area contributed by atoms with Crippen molar-refractivity contribution in [2.45, 2.75) is 6.54 Å². The Morgan fingerprint density at radius 1 is 1.05 bits per heavy atom. The molecule has 5 heteroatoms. The lowest BCUT2D eigenvalue weighted by molar-refractivity contribution is -0.116. The molecule has 0 saturated heterocycles. The molecule has 0 saturated carbocycles. The Hall–Kier alpha value is -2.40. The molecule has 0 radical (unpaired) electrons. The molecule has 2 aromatic carbocycles. The Kier molecular flexibility index (Phi) is 4.06. The van der Waals surface area contributed by atoms with Gasteiger partial charge in [-0.05, 0) is 33.4 Å². The normalized spacial score (nSPS) is 10.6. The van der Waals surface area contributed by atoms with Crippen molar-refractivity contribution in [2.75, 3.05) is 5.32 Å². The lowest BCUT2D eigenvalue weighted by Crippen LogP contribution is -2.26. The Balaban J connectivity index is 1.84. The van der Waals surface area contributed by atoms with E-state index < -0.39 is 0 Å². The van der Waals surface area contributed by atoms with Crippen molar-refractivity contribution in [1.29, 1.82) is 0 Å². The van der Waals surface area contributed by atoms with Gasteiger partial charge in [0.2, 0.25) is 5.91 Å². The van der Waals surface area contributed by atoms with E-state index in [1.165, 1.54) is 10.6 Å². The number of fused-ring (bicyclic) bond motifs is 1. The lowest BCUT2D eigenvalue weighted by Gasteiger charge is -2.10. The van der Waals surface area contributed by atoms with Gasteiger partial charge in [0.25, 0.3) is 5.56 Å². The molecular weight excluding hydrogens is 344 g/mol. The summed E-state index contributed by atoms with van der Waals surface area (Å²) < 4.78 is 2.12. The molecule has 0 aliphatic heterocycles. The monoisotopic (exact) mass is 356 g/mol. The van der Waals surface area contributed by atoms with Crippen molar-refractivity contribution >= 4 is 38.3 Å². The highest BCUT2D eigenvalue weighted by Gasteiger charge is 2.07. The highest BCUT2D eigenvalue weighted by molar-refractivity contribution is 9.10. The fourth-order valence-electron chi connectivity index (χ4n) is 2.30. The molecule has 4 nitrogen and oxygen atoms in total. The first-order valence-corrected chi connectivity index (χ1v) is 7.56. The third kappa shape index (κ3) is 3.09. The molecule has 0 unspecified atom stereocenters. The van der Waals surface area contributed by atoms with E-state index in [-0.39, 0.29) is 18.0 Å². The number of nitrogens with zero attached hydrogens (tertiary/aromatic N) is 1. The summed E-state index contributed by atoms with van der Waals surface area (Å²) in [4.78, 5) is 23.9. The topological polar surface area (TPSA) is 51.1 Å². The van der Waals surface area contributed by atoms with Crippen LogP contribution in [0.2, 0.25) is 0 Å². The molecule has 0 bridgehead atoms. The first-order chi connectivity index (χ1) is 10.6. The predicted molar refractivity (Wildman–Crippen MR) is 91.0 cm³/mol. The summed E-state index contributed by atoms with van der Waals surface area (Å²) in [5, 5.41) is 4.89. The van der Waals surface area contributed by atoms with Crippen LogP contribution in [0, 0.1) is 0 Å². The standard InChI is InChI=1S/C17H13BrN2O2/c18-13-8-9-17(22)20(10-13)11-16(21)19-15-7-3-5-12-4-1-2-6-14(12)15/h1-10H,11H2,(H,19,21). The van der Waals surface area contributed by atoms with Crippen LogP contribution in [0.4, 0.5) is 5.69 Å². The van der Waals surface area contributed by atoms with E-state index in [0.717, 1.165) is 20.9 Å². The number of hydrogen-bond acceptors (Lipinski definition) is 2. The van der Waals surface area contributed by atoms with Gasteiger partial charge >= 0.3 is 0 Å². The Morgan fingerprint density at radius 3 is 2.68 bits per heavy atom. The molecule has 0 fully saturated rings. The van der Waals surface area contributed by atoms with Gasteiger partial charge in [0, 0.05) is 27.8 Å². The van der Waals surface area contributed by atoms with E-state index >= 15 is 0 Å². The average molecular weight is 357 g/mol. The first-order valence-electron chi connectivity index (χ1n) is 6.77. The van der Waals surface area contributed by atoms with E-state index in [4.69, 9.17) is 0 Å². The summed E-state index contributed by atoms with van der Waals surface area (Å²) in [6.07, 6.45) is 1.60. The maximum absolute atomic E-state index is 12.2. The molecule has 3 aromatic rings. The zero-order valence-corrected chi connectivity index (χ0v) is 13.2. The van der Waals surface area contributed by atoms with Crippen molar-refractivity contribution in [2.24, 2.45) is 0 Å². The Bertz CT molecular complexity index is 897. The van der Waals surface area contributed by atoms with Crippen molar-refractivity contribution in [3.8, 4) is 0 Å². The van der Waals surface area contributed by atoms with Crippen LogP contribution < -0.4 is 10.9 Å². The van der Waals surface area contributed by atoms with Crippen LogP contribution >= 0.6 is 15.9 Å². The molecule has 1 amide bonds. The summed E-state index contributed by atoms with van der Waals surface area (Å²) in [6.45, 7) is -0.0263. The smallest absolute Gasteiger partial charge is 0.251 e. The number of rotatable bonds is 3. The molecule has 0 aliphatic carbocycles. The van der Waals surface area contributed by atoms with Gasteiger partial charge < -0.3 is 9.88 Å². The molecule has 0 atom stereocenters. The van der Waals surface area contributed by atoms with E-state index in [1.807, 2.05) is 42.5 Å². The SMILES string of the molecule is O=C(Cn1cc(Br)ccc1=O)Nc1cccc2ccccc12. The second-order valence-electron chi connectivity index (χ2n) is 4.89. The Morgan fingerprint density at radius 2 is 1.82 bits per heavy atom. The van der Waals surface area contributed by atoms with Gasteiger partial charge in [-0.15, -0.1) is 0 Å². The van der Waals surface area contributed by atoms with Crippen LogP contribution in [-0.2, 0) is 11.3 Å². The van der Waals surface area contributed by atoms with Gasteiger partial charge in [0.15, 0.2) is 0 Å². The molecule has 3 rings (SSSR count). The quantitative estimate of drug-likeness (QED) is 0.781. The molecular formula is C17H13BrN2O2. The Labute approximate surface area is 135 Å². The van der Waals surface area contributed by atoms with Crippen LogP contribution in [0.5, 0.6) is 0 Å². The van der Waals surface area contributed by atoms with Gasteiger partial charge in [0.05, 0.1) is 0 Å². The number of hydrogen-bond donors (Lipinski definition) is 1. The molecule has 0 aliphatic rings. The number of halogens is 1. The van der Waals surface area contributed by atoms with Crippen LogP contribution in [0.15, 0.2) is 70.1 Å². The zero-order chi connectivity index (χ0) is 15.5. The van der Waals surface area contributed by atoms with Gasteiger partial charge in [-0.1, -0.05) is 36.4 Å². The van der Waals surface area contributed by atoms with E-state index in [0.29, 0.717) is 0 Å². The van der Waals surface area contributed by atoms with Crippen LogP contribution in [0.1, 0.15) is 0 Å². The minimum Gasteiger partial charge on any atom is -0.324 e. The third-order valence-electron chi connectivity index (χ3n) is 3.33. The summed E-state index contributed by atoms with van der Waals surface area (Å²) in [7, 11) is 0. The minimum absolute atomic E-state index is 0.0263. The van der Waals surface area contributed by atoms with Gasteiger partial charge in [-0.2, -0.15) is 0 Å². The van der Waals surface area contributed by atoms with E-state index in [9.17, 15) is 9.59 Å². The van der Waals surface area contributed by atoms with Crippen molar-refractivity contribution in [3.63, 3.8) is 0 Å². The average Bonchev–Trinajstić information content (AvgIpc) is 2.51.